The molecule has 12 heteroatoms. The molecule has 12 nitrogen and oxygen atoms in total. The van der Waals surface area contributed by atoms with Crippen LogP contribution in [0.5, 0.6) is 0 Å². The Balaban J connectivity index is 3.47. The minimum absolute atomic E-state index is 0.286. The molecular weight excluding hydrogens is 428 g/mol. The van der Waals surface area contributed by atoms with E-state index >= 15 is 0 Å². The van der Waals surface area contributed by atoms with Crippen LogP contribution in [0.2, 0.25) is 0 Å². The Kier molecular flexibility index (Phi) is 10.1. The lowest BCUT2D eigenvalue weighted by molar-refractivity contribution is -0.188. The molecule has 0 aromatic rings. The predicted octanol–water partition coefficient (Wildman–Crippen LogP) is -0.663. The molecule has 180 valence electrons. The maximum atomic E-state index is 12.4. The molecule has 0 radical (unpaired) electrons. The van der Waals surface area contributed by atoms with Crippen molar-refractivity contribution in [2.45, 2.75) is 65.0 Å². The molecule has 1 rings (SSSR count). The van der Waals surface area contributed by atoms with Crippen molar-refractivity contribution in [1.29, 1.82) is 0 Å². The van der Waals surface area contributed by atoms with Crippen molar-refractivity contribution >= 4 is 29.8 Å². The van der Waals surface area contributed by atoms with Gasteiger partial charge < -0.3 is 34.7 Å². The zero-order valence-electron chi connectivity index (χ0n) is 18.9. The van der Waals surface area contributed by atoms with Crippen molar-refractivity contribution in [2.75, 3.05) is 13.7 Å². The third-order valence-corrected chi connectivity index (χ3v) is 4.36. The fourth-order valence-electron chi connectivity index (χ4n) is 2.91. The highest BCUT2D eigenvalue weighted by Crippen LogP contribution is 2.26. The highest BCUT2D eigenvalue weighted by Gasteiger charge is 2.47. The number of hydrogen-bond acceptors (Lipinski definition) is 11. The first-order chi connectivity index (χ1) is 14.9. The second kappa shape index (κ2) is 12.0. The smallest absolute Gasteiger partial charge is 0.373 e. The summed E-state index contributed by atoms with van der Waals surface area (Å²) < 4.78 is 25.9. The monoisotopic (exact) mass is 458 g/mol. The molecule has 32 heavy (non-hydrogen) atoms. The van der Waals surface area contributed by atoms with Gasteiger partial charge in [0, 0.05) is 26.7 Å². The van der Waals surface area contributed by atoms with Gasteiger partial charge in [-0.15, -0.1) is 0 Å². The molecule has 5 atom stereocenters. The quantitative estimate of drug-likeness (QED) is 0.332. The maximum Gasteiger partial charge on any atom is 0.373 e. The molecule has 0 aromatic carbocycles. The number of nitrogens with two attached hydrogens (primary N) is 1. The molecular formula is C20H30N2O10. The molecule has 0 aromatic heterocycles. The minimum Gasteiger partial charge on any atom is -0.477 e. The molecule has 3 N–H and O–H groups in total. The van der Waals surface area contributed by atoms with Gasteiger partial charge in [-0.05, 0) is 6.08 Å². The van der Waals surface area contributed by atoms with Gasteiger partial charge in [0.1, 0.15) is 6.61 Å². The zero-order chi connectivity index (χ0) is 24.6. The number of hydrogen-bond donors (Lipinski definition) is 2. The van der Waals surface area contributed by atoms with Crippen LogP contribution in [0.15, 0.2) is 11.8 Å². The van der Waals surface area contributed by atoms with Gasteiger partial charge in [0.25, 0.3) is 0 Å². The Bertz CT molecular complexity index is 763. The highest BCUT2D eigenvalue weighted by atomic mass is 16.6. The summed E-state index contributed by atoms with van der Waals surface area (Å²) in [5.41, 5.74) is 6.18. The third kappa shape index (κ3) is 7.84. The van der Waals surface area contributed by atoms with E-state index < -0.39 is 66.8 Å². The van der Waals surface area contributed by atoms with Crippen molar-refractivity contribution in [3.8, 4) is 0 Å². The van der Waals surface area contributed by atoms with E-state index in [9.17, 15) is 24.0 Å². The predicted molar refractivity (Wildman–Crippen MR) is 107 cm³/mol. The van der Waals surface area contributed by atoms with Gasteiger partial charge in [0.05, 0.1) is 19.2 Å². The number of nitrogens with one attached hydrogen (secondary N) is 1. The molecule has 1 aliphatic heterocycles. The van der Waals surface area contributed by atoms with Crippen LogP contribution < -0.4 is 11.1 Å². The average molecular weight is 458 g/mol. The standard InChI is InChI=1S/C20H30N2O10/c1-9(2)19(26)22-16-13(21)7-14(20(27)28-6)32-18(16)17(31-12(5)25)15(30-11(4)24)8-29-10(3)23/h7,9,13,15-18H,8,21H2,1-6H3,(H,22,26)/t13-,15+,16+,17+,18+/m0/s1. The van der Waals surface area contributed by atoms with Crippen LogP contribution in [0.1, 0.15) is 34.6 Å². The van der Waals surface area contributed by atoms with Gasteiger partial charge in [0.15, 0.2) is 18.3 Å². The lowest BCUT2D eigenvalue weighted by atomic mass is 9.91. The second-order valence-electron chi connectivity index (χ2n) is 7.40. The molecule has 0 saturated carbocycles. The summed E-state index contributed by atoms with van der Waals surface area (Å²) in [6, 6.07) is -1.96. The number of methoxy groups -OCH3 is 1. The first-order valence-electron chi connectivity index (χ1n) is 9.87. The van der Waals surface area contributed by atoms with Crippen LogP contribution >= 0.6 is 0 Å². The molecule has 0 spiro atoms. The van der Waals surface area contributed by atoms with Gasteiger partial charge in [-0.3, -0.25) is 19.2 Å². The summed E-state index contributed by atoms with van der Waals surface area (Å²) >= 11 is 0. The zero-order valence-corrected chi connectivity index (χ0v) is 18.9. The van der Waals surface area contributed by atoms with E-state index in [4.69, 9.17) is 24.7 Å². The van der Waals surface area contributed by atoms with E-state index in [1.54, 1.807) is 13.8 Å². The Morgan fingerprint density at radius 3 is 2.12 bits per heavy atom. The lowest BCUT2D eigenvalue weighted by Crippen LogP contribution is -2.63. The Morgan fingerprint density at radius 1 is 1.06 bits per heavy atom. The fourth-order valence-corrected chi connectivity index (χ4v) is 2.91. The van der Waals surface area contributed by atoms with Crippen molar-refractivity contribution in [3.63, 3.8) is 0 Å². The van der Waals surface area contributed by atoms with Crippen LogP contribution in [-0.2, 0) is 47.7 Å². The number of rotatable bonds is 9. The second-order valence-corrected chi connectivity index (χ2v) is 7.40. The molecule has 1 amide bonds. The van der Waals surface area contributed by atoms with Gasteiger partial charge >= 0.3 is 23.9 Å². The normalized spacial score (nSPS) is 21.9. The Labute approximate surface area is 185 Å². The maximum absolute atomic E-state index is 12.4. The number of esters is 4. The summed E-state index contributed by atoms with van der Waals surface area (Å²) in [7, 11) is 1.13. The molecule has 0 aliphatic carbocycles. The SMILES string of the molecule is COC(=O)C1=C[C@H](N)[C@@H](NC(=O)C(C)C)[C@H]([C@H](OC(C)=O)[C@@H](COC(C)=O)OC(C)=O)O1. The van der Waals surface area contributed by atoms with E-state index in [0.29, 0.717) is 0 Å². The van der Waals surface area contributed by atoms with Crippen molar-refractivity contribution in [1.82, 2.24) is 5.32 Å². The van der Waals surface area contributed by atoms with Gasteiger partial charge in [0.2, 0.25) is 11.7 Å². The van der Waals surface area contributed by atoms with Crippen molar-refractivity contribution in [2.24, 2.45) is 11.7 Å². The summed E-state index contributed by atoms with van der Waals surface area (Å²) in [4.78, 5) is 59.3. The molecule has 0 unspecified atom stereocenters. The van der Waals surface area contributed by atoms with Crippen LogP contribution in [0.3, 0.4) is 0 Å². The van der Waals surface area contributed by atoms with Gasteiger partial charge in [-0.1, -0.05) is 13.8 Å². The minimum atomic E-state index is -1.41. The van der Waals surface area contributed by atoms with Crippen LogP contribution in [-0.4, -0.2) is 73.9 Å². The lowest BCUT2D eigenvalue weighted by Gasteiger charge is -2.41. The number of carbonyl (C=O) groups is 5. The van der Waals surface area contributed by atoms with E-state index in [1.807, 2.05) is 0 Å². The van der Waals surface area contributed by atoms with Crippen molar-refractivity contribution < 1.29 is 47.7 Å². The molecule has 1 aliphatic rings. The summed E-state index contributed by atoms with van der Waals surface area (Å²) in [6.07, 6.45) is -2.78. The summed E-state index contributed by atoms with van der Waals surface area (Å²) in [5.74, 6) is -4.17. The Hall–Kier alpha value is -3.15. The number of ether oxygens (including phenoxy) is 5. The Morgan fingerprint density at radius 2 is 1.66 bits per heavy atom. The first-order valence-corrected chi connectivity index (χ1v) is 9.87. The largest absolute Gasteiger partial charge is 0.477 e. The van der Waals surface area contributed by atoms with E-state index in [2.05, 4.69) is 10.1 Å². The molecule has 0 bridgehead atoms. The highest BCUT2D eigenvalue weighted by molar-refractivity contribution is 5.86. The molecule has 0 saturated heterocycles. The van der Waals surface area contributed by atoms with Crippen LogP contribution in [0.25, 0.3) is 0 Å². The van der Waals surface area contributed by atoms with Crippen molar-refractivity contribution in [3.05, 3.63) is 11.8 Å². The van der Waals surface area contributed by atoms with Crippen LogP contribution in [0, 0.1) is 5.92 Å². The average Bonchev–Trinajstić information content (AvgIpc) is 2.69. The first kappa shape index (κ1) is 26.9. The van der Waals surface area contributed by atoms with E-state index in [0.717, 1.165) is 27.9 Å². The van der Waals surface area contributed by atoms with Crippen LogP contribution in [0.4, 0.5) is 0 Å². The fraction of sp³-hybridized carbons (Fsp3) is 0.650. The van der Waals surface area contributed by atoms with E-state index in [1.165, 1.54) is 6.08 Å². The van der Waals surface area contributed by atoms with Gasteiger partial charge in [-0.25, -0.2) is 4.79 Å². The topological polar surface area (TPSA) is 170 Å². The number of amides is 1. The van der Waals surface area contributed by atoms with Gasteiger partial charge in [-0.2, -0.15) is 0 Å². The number of carbonyl (C=O) groups excluding carboxylic acids is 5. The summed E-state index contributed by atoms with van der Waals surface area (Å²) in [5, 5.41) is 2.70. The third-order valence-electron chi connectivity index (χ3n) is 4.36. The molecule has 1 heterocycles. The van der Waals surface area contributed by atoms with E-state index in [-0.39, 0.29) is 11.7 Å². The molecule has 0 fully saturated rings. The summed E-state index contributed by atoms with van der Waals surface area (Å²) in [6.45, 7) is 6.18.